The van der Waals surface area contributed by atoms with Crippen molar-refractivity contribution in [3.63, 3.8) is 0 Å². The minimum absolute atomic E-state index is 0. The maximum atomic E-state index is 12.5. The SMILES string of the molecule is CCC(=O)N1CCOc2c(cc(-c3ccc(OC)c(OC)c3)cc2OCC2CCCN(C)C2)C1.Cl. The lowest BCUT2D eigenvalue weighted by atomic mass is 9.99. The molecular weight excluding hydrogens is 468 g/mol. The van der Waals surface area contributed by atoms with E-state index in [0.29, 0.717) is 50.1 Å². The van der Waals surface area contributed by atoms with E-state index in [9.17, 15) is 4.79 Å². The first-order valence-corrected chi connectivity index (χ1v) is 12.1. The van der Waals surface area contributed by atoms with Crippen LogP contribution in [0, 0.1) is 5.92 Å². The zero-order valence-corrected chi connectivity index (χ0v) is 22.0. The summed E-state index contributed by atoms with van der Waals surface area (Å²) in [4.78, 5) is 16.7. The van der Waals surface area contributed by atoms with Gasteiger partial charge in [-0.2, -0.15) is 0 Å². The number of hydrogen-bond donors (Lipinski definition) is 0. The fourth-order valence-electron chi connectivity index (χ4n) is 4.83. The maximum absolute atomic E-state index is 12.5. The normalized spacial score (nSPS) is 17.9. The average Bonchev–Trinajstić information content (AvgIpc) is 3.09. The summed E-state index contributed by atoms with van der Waals surface area (Å²) in [5.41, 5.74) is 2.94. The van der Waals surface area contributed by atoms with Gasteiger partial charge in [-0.25, -0.2) is 0 Å². The van der Waals surface area contributed by atoms with Gasteiger partial charge < -0.3 is 28.7 Å². The molecule has 2 heterocycles. The van der Waals surface area contributed by atoms with Gasteiger partial charge in [0.2, 0.25) is 5.91 Å². The largest absolute Gasteiger partial charge is 0.493 e. The molecule has 1 fully saturated rings. The standard InChI is InChI=1S/C27H36N2O5.ClH/c1-5-26(30)29-11-12-33-27-22(17-29)13-21(20-8-9-23(31-3)24(14-20)32-4)15-25(27)34-18-19-7-6-10-28(2)16-19;/h8-9,13-15,19H,5-7,10-12,16-18H2,1-4H3;1H. The number of likely N-dealkylation sites (tertiary alicyclic amines) is 1. The minimum atomic E-state index is 0. The Kier molecular flexibility index (Phi) is 9.52. The number of benzene rings is 2. The fourth-order valence-corrected chi connectivity index (χ4v) is 4.83. The van der Waals surface area contributed by atoms with Crippen LogP contribution in [0.5, 0.6) is 23.0 Å². The highest BCUT2D eigenvalue weighted by Crippen LogP contribution is 2.41. The van der Waals surface area contributed by atoms with E-state index in [1.807, 2.05) is 36.1 Å². The summed E-state index contributed by atoms with van der Waals surface area (Å²) >= 11 is 0. The number of ether oxygens (including phenoxy) is 4. The summed E-state index contributed by atoms with van der Waals surface area (Å²) in [5.74, 6) is 3.45. The second kappa shape index (κ2) is 12.4. The Bertz CT molecular complexity index is 1020. The minimum Gasteiger partial charge on any atom is -0.493 e. The molecule has 8 heteroatoms. The van der Waals surface area contributed by atoms with Crippen molar-refractivity contribution in [2.24, 2.45) is 5.92 Å². The highest BCUT2D eigenvalue weighted by atomic mass is 35.5. The Morgan fingerprint density at radius 2 is 1.83 bits per heavy atom. The van der Waals surface area contributed by atoms with Crippen molar-refractivity contribution in [1.29, 1.82) is 0 Å². The summed E-state index contributed by atoms with van der Waals surface area (Å²) in [7, 11) is 5.43. The van der Waals surface area contributed by atoms with Crippen molar-refractivity contribution in [3.05, 3.63) is 35.9 Å². The van der Waals surface area contributed by atoms with Gasteiger partial charge in [-0.3, -0.25) is 4.79 Å². The number of amides is 1. The van der Waals surface area contributed by atoms with Gasteiger partial charge in [0.05, 0.1) is 27.4 Å². The van der Waals surface area contributed by atoms with Crippen LogP contribution in [0.1, 0.15) is 31.7 Å². The number of carbonyl (C=O) groups is 1. The number of fused-ring (bicyclic) bond motifs is 1. The smallest absolute Gasteiger partial charge is 0.222 e. The maximum Gasteiger partial charge on any atom is 0.222 e. The fraction of sp³-hybridized carbons (Fsp3) is 0.519. The quantitative estimate of drug-likeness (QED) is 0.547. The van der Waals surface area contributed by atoms with E-state index in [1.165, 1.54) is 12.8 Å². The molecule has 1 atom stereocenters. The molecule has 2 aliphatic heterocycles. The van der Waals surface area contributed by atoms with E-state index < -0.39 is 0 Å². The van der Waals surface area contributed by atoms with Crippen molar-refractivity contribution in [3.8, 4) is 34.1 Å². The van der Waals surface area contributed by atoms with Gasteiger partial charge in [-0.05, 0) is 61.8 Å². The molecule has 2 aromatic rings. The van der Waals surface area contributed by atoms with Crippen LogP contribution < -0.4 is 18.9 Å². The van der Waals surface area contributed by atoms with Crippen molar-refractivity contribution in [2.45, 2.75) is 32.7 Å². The van der Waals surface area contributed by atoms with E-state index in [1.54, 1.807) is 14.2 Å². The third kappa shape index (κ3) is 6.33. The van der Waals surface area contributed by atoms with Crippen LogP contribution in [0.15, 0.2) is 30.3 Å². The molecule has 0 aliphatic carbocycles. The number of piperidine rings is 1. The van der Waals surface area contributed by atoms with Crippen LogP contribution in [0.25, 0.3) is 11.1 Å². The average molecular weight is 505 g/mol. The van der Waals surface area contributed by atoms with E-state index >= 15 is 0 Å². The highest BCUT2D eigenvalue weighted by molar-refractivity contribution is 5.85. The van der Waals surface area contributed by atoms with Gasteiger partial charge in [0.15, 0.2) is 23.0 Å². The lowest BCUT2D eigenvalue weighted by molar-refractivity contribution is -0.131. The monoisotopic (exact) mass is 504 g/mol. The Morgan fingerprint density at radius 3 is 2.54 bits per heavy atom. The van der Waals surface area contributed by atoms with Crippen molar-refractivity contribution < 1.29 is 23.7 Å². The highest BCUT2D eigenvalue weighted by Gasteiger charge is 2.25. The molecule has 0 N–H and O–H groups in total. The van der Waals surface area contributed by atoms with Crippen LogP contribution in [0.2, 0.25) is 0 Å². The van der Waals surface area contributed by atoms with Crippen molar-refractivity contribution in [2.75, 3.05) is 54.1 Å². The van der Waals surface area contributed by atoms with E-state index in [0.717, 1.165) is 41.3 Å². The van der Waals surface area contributed by atoms with Crippen LogP contribution in [-0.2, 0) is 11.3 Å². The first-order chi connectivity index (χ1) is 16.5. The van der Waals surface area contributed by atoms with Gasteiger partial charge in [0.25, 0.3) is 0 Å². The molecule has 2 aromatic carbocycles. The third-order valence-electron chi connectivity index (χ3n) is 6.67. The summed E-state index contributed by atoms with van der Waals surface area (Å²) in [6.45, 7) is 6.25. The summed E-state index contributed by atoms with van der Waals surface area (Å²) in [6.07, 6.45) is 2.84. The van der Waals surface area contributed by atoms with Gasteiger partial charge >= 0.3 is 0 Å². The lowest BCUT2D eigenvalue weighted by Crippen LogP contribution is -2.34. The Labute approximate surface area is 214 Å². The number of methoxy groups -OCH3 is 2. The molecular formula is C27H37ClN2O5. The molecule has 0 radical (unpaired) electrons. The molecule has 7 nitrogen and oxygen atoms in total. The molecule has 1 amide bonds. The molecule has 35 heavy (non-hydrogen) atoms. The summed E-state index contributed by atoms with van der Waals surface area (Å²) in [6, 6.07) is 10.0. The Hall–Kier alpha value is -2.64. The van der Waals surface area contributed by atoms with E-state index in [-0.39, 0.29) is 18.3 Å². The molecule has 192 valence electrons. The van der Waals surface area contributed by atoms with Crippen LogP contribution >= 0.6 is 12.4 Å². The van der Waals surface area contributed by atoms with Crippen LogP contribution in [0.4, 0.5) is 0 Å². The summed E-state index contributed by atoms with van der Waals surface area (Å²) in [5, 5.41) is 0. The third-order valence-corrected chi connectivity index (χ3v) is 6.67. The zero-order valence-electron chi connectivity index (χ0n) is 21.2. The van der Waals surface area contributed by atoms with Gasteiger partial charge in [0, 0.05) is 31.0 Å². The Morgan fingerprint density at radius 1 is 1.06 bits per heavy atom. The second-order valence-corrected chi connectivity index (χ2v) is 9.13. The van der Waals surface area contributed by atoms with Crippen molar-refractivity contribution >= 4 is 18.3 Å². The predicted octanol–water partition coefficient (Wildman–Crippen LogP) is 4.64. The molecule has 0 spiro atoms. The molecule has 1 unspecified atom stereocenters. The van der Waals surface area contributed by atoms with Crippen LogP contribution in [-0.4, -0.2) is 69.8 Å². The molecule has 0 saturated carbocycles. The Balaban J connectivity index is 0.00000342. The molecule has 0 bridgehead atoms. The second-order valence-electron chi connectivity index (χ2n) is 9.13. The number of rotatable bonds is 7. The first-order valence-electron chi connectivity index (χ1n) is 12.1. The van der Waals surface area contributed by atoms with Gasteiger partial charge in [0.1, 0.15) is 6.61 Å². The van der Waals surface area contributed by atoms with Gasteiger partial charge in [-0.1, -0.05) is 13.0 Å². The number of nitrogens with zero attached hydrogens (tertiary/aromatic N) is 2. The van der Waals surface area contributed by atoms with Crippen molar-refractivity contribution in [1.82, 2.24) is 9.80 Å². The van der Waals surface area contributed by atoms with E-state index in [4.69, 9.17) is 18.9 Å². The molecule has 0 aromatic heterocycles. The predicted molar refractivity (Wildman–Crippen MR) is 139 cm³/mol. The zero-order chi connectivity index (χ0) is 24.1. The molecule has 4 rings (SSSR count). The molecule has 1 saturated heterocycles. The number of halogens is 1. The first kappa shape index (κ1) is 27.0. The topological polar surface area (TPSA) is 60.5 Å². The number of carbonyl (C=O) groups excluding carboxylic acids is 1. The van der Waals surface area contributed by atoms with E-state index in [2.05, 4.69) is 18.0 Å². The molecule has 2 aliphatic rings. The summed E-state index contributed by atoms with van der Waals surface area (Å²) < 4.78 is 23.5. The number of hydrogen-bond acceptors (Lipinski definition) is 6. The lowest BCUT2D eigenvalue weighted by Gasteiger charge is -2.29. The van der Waals surface area contributed by atoms with Gasteiger partial charge in [-0.15, -0.1) is 12.4 Å². The van der Waals surface area contributed by atoms with Crippen LogP contribution in [0.3, 0.4) is 0 Å².